The summed E-state index contributed by atoms with van der Waals surface area (Å²) >= 11 is 0. The zero-order valence-electron chi connectivity index (χ0n) is 12.3. The normalized spacial score (nSPS) is 11.5. The number of aryl methyl sites for hydroxylation is 1. The van der Waals surface area contributed by atoms with Crippen LogP contribution in [0.1, 0.15) is 50.7 Å². The molecule has 0 unspecified atom stereocenters. The summed E-state index contributed by atoms with van der Waals surface area (Å²) in [5.74, 6) is -0.533. The summed E-state index contributed by atoms with van der Waals surface area (Å²) in [6.45, 7) is 10.6. The molecule has 1 heterocycles. The Hall–Kier alpha value is -1.78. The maximum atomic E-state index is 12.0. The van der Waals surface area contributed by atoms with E-state index in [4.69, 9.17) is 9.47 Å². The lowest BCUT2D eigenvalue weighted by Crippen LogP contribution is -2.29. The van der Waals surface area contributed by atoms with Crippen LogP contribution in [-0.2, 0) is 9.47 Å². The molecule has 1 rings (SSSR count). The number of ether oxygens (including phenoxy) is 2. The molecule has 0 radical (unpaired) electrons. The van der Waals surface area contributed by atoms with Crippen LogP contribution in [0.25, 0.3) is 0 Å². The van der Waals surface area contributed by atoms with Crippen molar-refractivity contribution in [2.45, 2.75) is 53.2 Å². The maximum absolute atomic E-state index is 12.0. The van der Waals surface area contributed by atoms with Gasteiger partial charge in [0.15, 0.2) is 0 Å². The molecule has 0 spiro atoms. The van der Waals surface area contributed by atoms with Gasteiger partial charge in [-0.3, -0.25) is 0 Å². The van der Waals surface area contributed by atoms with E-state index in [1.54, 1.807) is 53.8 Å². The van der Waals surface area contributed by atoms with Crippen LogP contribution in [0.3, 0.4) is 0 Å². The molecule has 0 saturated heterocycles. The minimum Gasteiger partial charge on any atom is -0.458 e. The third kappa shape index (κ3) is 4.43. The van der Waals surface area contributed by atoms with Crippen molar-refractivity contribution in [2.24, 2.45) is 0 Å². The standard InChI is InChI=1S/C14H21NO4/c1-9(2)18-12(16)11-7-10(3)8-15(11)13(17)19-14(4,5)6/h7-9H,1-6H3. The van der Waals surface area contributed by atoms with E-state index >= 15 is 0 Å². The molecule has 5 nitrogen and oxygen atoms in total. The van der Waals surface area contributed by atoms with Gasteiger partial charge < -0.3 is 9.47 Å². The van der Waals surface area contributed by atoms with E-state index in [2.05, 4.69) is 0 Å². The van der Waals surface area contributed by atoms with Crippen LogP contribution in [0.4, 0.5) is 4.79 Å². The summed E-state index contributed by atoms with van der Waals surface area (Å²) in [6, 6.07) is 1.61. The van der Waals surface area contributed by atoms with Crippen LogP contribution in [-0.4, -0.2) is 28.3 Å². The van der Waals surface area contributed by atoms with Crippen molar-refractivity contribution in [3.05, 3.63) is 23.5 Å². The molecule has 0 aromatic carbocycles. The second kappa shape index (κ2) is 5.47. The molecular formula is C14H21NO4. The number of hydrogen-bond acceptors (Lipinski definition) is 4. The van der Waals surface area contributed by atoms with E-state index in [0.717, 1.165) is 5.56 Å². The fourth-order valence-electron chi connectivity index (χ4n) is 1.49. The summed E-state index contributed by atoms with van der Waals surface area (Å²) in [5.41, 5.74) is 0.358. The number of nitrogens with zero attached hydrogens (tertiary/aromatic N) is 1. The Morgan fingerprint density at radius 2 is 1.84 bits per heavy atom. The Bertz CT molecular complexity index is 480. The van der Waals surface area contributed by atoms with Crippen LogP contribution in [0.5, 0.6) is 0 Å². The van der Waals surface area contributed by atoms with Gasteiger partial charge in [-0.1, -0.05) is 0 Å². The summed E-state index contributed by atoms with van der Waals surface area (Å²) in [4.78, 5) is 23.9. The molecule has 0 aliphatic rings. The smallest absolute Gasteiger partial charge is 0.419 e. The van der Waals surface area contributed by atoms with Gasteiger partial charge in [-0.2, -0.15) is 0 Å². The lowest BCUT2D eigenvalue weighted by molar-refractivity contribution is 0.0338. The fraction of sp³-hybridized carbons (Fsp3) is 0.571. The van der Waals surface area contributed by atoms with E-state index < -0.39 is 17.7 Å². The van der Waals surface area contributed by atoms with Crippen molar-refractivity contribution in [3.8, 4) is 0 Å². The predicted octanol–water partition coefficient (Wildman–Crippen LogP) is 3.14. The average molecular weight is 267 g/mol. The van der Waals surface area contributed by atoms with Crippen LogP contribution in [0.15, 0.2) is 12.3 Å². The average Bonchev–Trinajstić information content (AvgIpc) is 2.56. The summed E-state index contributed by atoms with van der Waals surface area (Å²) < 4.78 is 11.5. The first-order chi connectivity index (χ1) is 8.60. The second-order valence-electron chi connectivity index (χ2n) is 5.71. The molecule has 19 heavy (non-hydrogen) atoms. The summed E-state index contributed by atoms with van der Waals surface area (Å²) in [5, 5.41) is 0. The molecule has 0 aliphatic carbocycles. The molecule has 1 aromatic rings. The SMILES string of the molecule is Cc1cc(C(=O)OC(C)C)n(C(=O)OC(C)(C)C)c1. The Kier molecular flexibility index (Phi) is 4.39. The van der Waals surface area contributed by atoms with Crippen molar-refractivity contribution < 1.29 is 19.1 Å². The largest absolute Gasteiger partial charge is 0.458 e. The van der Waals surface area contributed by atoms with E-state index in [0.29, 0.717) is 0 Å². The number of hydrogen-bond donors (Lipinski definition) is 0. The third-order valence-corrected chi connectivity index (χ3v) is 2.10. The Labute approximate surface area is 113 Å². The van der Waals surface area contributed by atoms with E-state index in [1.807, 2.05) is 0 Å². The van der Waals surface area contributed by atoms with Gasteiger partial charge >= 0.3 is 12.1 Å². The van der Waals surface area contributed by atoms with Gasteiger partial charge in [-0.05, 0) is 53.2 Å². The Morgan fingerprint density at radius 3 is 2.32 bits per heavy atom. The number of esters is 1. The highest BCUT2D eigenvalue weighted by Crippen LogP contribution is 2.15. The molecule has 0 bridgehead atoms. The Morgan fingerprint density at radius 1 is 1.26 bits per heavy atom. The predicted molar refractivity (Wildman–Crippen MR) is 71.4 cm³/mol. The second-order valence-corrected chi connectivity index (χ2v) is 5.71. The van der Waals surface area contributed by atoms with Crippen molar-refractivity contribution in [1.82, 2.24) is 4.57 Å². The molecule has 0 N–H and O–H groups in total. The molecule has 5 heteroatoms. The van der Waals surface area contributed by atoms with Crippen molar-refractivity contribution in [1.29, 1.82) is 0 Å². The fourth-order valence-corrected chi connectivity index (χ4v) is 1.49. The highest BCUT2D eigenvalue weighted by atomic mass is 16.6. The van der Waals surface area contributed by atoms with E-state index in [-0.39, 0.29) is 11.8 Å². The summed E-state index contributed by atoms with van der Waals surface area (Å²) in [7, 11) is 0. The maximum Gasteiger partial charge on any atom is 0.419 e. The van der Waals surface area contributed by atoms with Crippen molar-refractivity contribution in [3.63, 3.8) is 0 Å². The topological polar surface area (TPSA) is 57.5 Å². The zero-order chi connectivity index (χ0) is 14.8. The van der Waals surface area contributed by atoms with Gasteiger partial charge in [0.1, 0.15) is 11.3 Å². The number of carbonyl (C=O) groups excluding carboxylic acids is 2. The van der Waals surface area contributed by atoms with Gasteiger partial charge in [-0.15, -0.1) is 0 Å². The van der Waals surface area contributed by atoms with Crippen LogP contribution in [0, 0.1) is 6.92 Å². The van der Waals surface area contributed by atoms with Gasteiger partial charge in [-0.25, -0.2) is 14.2 Å². The van der Waals surface area contributed by atoms with Crippen molar-refractivity contribution >= 4 is 12.1 Å². The molecule has 106 valence electrons. The highest BCUT2D eigenvalue weighted by molar-refractivity contribution is 5.92. The van der Waals surface area contributed by atoms with Crippen LogP contribution < -0.4 is 0 Å². The van der Waals surface area contributed by atoms with Crippen molar-refractivity contribution in [2.75, 3.05) is 0 Å². The third-order valence-electron chi connectivity index (χ3n) is 2.10. The quantitative estimate of drug-likeness (QED) is 0.772. The molecule has 0 fully saturated rings. The number of carbonyl (C=O) groups is 2. The molecule has 0 saturated carbocycles. The summed E-state index contributed by atoms with van der Waals surface area (Å²) in [6.07, 6.45) is 0.733. The van der Waals surface area contributed by atoms with Crippen LogP contribution >= 0.6 is 0 Å². The lowest BCUT2D eigenvalue weighted by Gasteiger charge is -2.20. The minimum atomic E-state index is -0.617. The molecule has 1 aromatic heterocycles. The van der Waals surface area contributed by atoms with Crippen LogP contribution in [0.2, 0.25) is 0 Å². The van der Waals surface area contributed by atoms with Gasteiger partial charge in [0.25, 0.3) is 0 Å². The van der Waals surface area contributed by atoms with Gasteiger partial charge in [0.2, 0.25) is 0 Å². The van der Waals surface area contributed by atoms with Gasteiger partial charge in [0.05, 0.1) is 6.10 Å². The lowest BCUT2D eigenvalue weighted by atomic mass is 10.2. The minimum absolute atomic E-state index is 0.181. The monoisotopic (exact) mass is 267 g/mol. The zero-order valence-corrected chi connectivity index (χ0v) is 12.3. The molecular weight excluding hydrogens is 246 g/mol. The van der Waals surface area contributed by atoms with E-state index in [9.17, 15) is 9.59 Å². The van der Waals surface area contributed by atoms with E-state index in [1.165, 1.54) is 4.57 Å². The number of rotatable bonds is 2. The number of aromatic nitrogens is 1. The first-order valence-electron chi connectivity index (χ1n) is 6.23. The first-order valence-corrected chi connectivity index (χ1v) is 6.23. The van der Waals surface area contributed by atoms with Gasteiger partial charge in [0, 0.05) is 6.20 Å². The molecule has 0 aliphatic heterocycles. The highest BCUT2D eigenvalue weighted by Gasteiger charge is 2.23. The first kappa shape index (κ1) is 15.3. The molecule has 0 atom stereocenters. The molecule has 0 amide bonds. The Balaban J connectivity index is 3.02.